The molecule has 0 radical (unpaired) electrons. The van der Waals surface area contributed by atoms with E-state index >= 15 is 0 Å². The molecule has 1 aromatic heterocycles. The van der Waals surface area contributed by atoms with Crippen LogP contribution in [0.2, 0.25) is 0 Å². The molecule has 7 heteroatoms. The summed E-state index contributed by atoms with van der Waals surface area (Å²) in [6.45, 7) is 7.72. The van der Waals surface area contributed by atoms with Crippen molar-refractivity contribution in [3.63, 3.8) is 0 Å². The van der Waals surface area contributed by atoms with Crippen LogP contribution in [0.4, 0.5) is 10.7 Å². The van der Waals surface area contributed by atoms with Gasteiger partial charge >= 0.3 is 6.03 Å². The normalized spacial score (nSPS) is 14.6. The van der Waals surface area contributed by atoms with Gasteiger partial charge in [-0.2, -0.15) is 0 Å². The third-order valence-corrected chi connectivity index (χ3v) is 4.45. The van der Waals surface area contributed by atoms with Gasteiger partial charge in [-0.3, -0.25) is 9.69 Å². The molecule has 0 aliphatic carbocycles. The molecular formula is C18H25N5O2. The van der Waals surface area contributed by atoms with Gasteiger partial charge in [0.05, 0.1) is 11.0 Å². The number of urea groups is 1. The molecule has 1 atom stereocenters. The number of amides is 3. The minimum Gasteiger partial charge on any atom is -0.354 e. The number of aromatic nitrogens is 2. The summed E-state index contributed by atoms with van der Waals surface area (Å²) in [7, 11) is 0. The molecule has 3 amide bonds. The van der Waals surface area contributed by atoms with Gasteiger partial charge in [0.25, 0.3) is 0 Å². The Balaban J connectivity index is 1.77. The Morgan fingerprint density at radius 1 is 1.24 bits per heavy atom. The van der Waals surface area contributed by atoms with E-state index < -0.39 is 6.04 Å². The highest BCUT2D eigenvalue weighted by Crippen LogP contribution is 2.27. The van der Waals surface area contributed by atoms with E-state index in [1.807, 2.05) is 49.6 Å². The number of hydrogen-bond donors (Lipinski definition) is 2. The van der Waals surface area contributed by atoms with E-state index in [9.17, 15) is 9.59 Å². The van der Waals surface area contributed by atoms with Crippen LogP contribution in [0.5, 0.6) is 0 Å². The van der Waals surface area contributed by atoms with Crippen LogP contribution in [0.15, 0.2) is 24.3 Å². The number of nitrogens with zero attached hydrogens (tertiary/aromatic N) is 3. The first-order chi connectivity index (χ1) is 12.0. The molecule has 0 saturated carbocycles. The van der Waals surface area contributed by atoms with Gasteiger partial charge in [0, 0.05) is 19.6 Å². The Kier molecular flexibility index (Phi) is 4.92. The summed E-state index contributed by atoms with van der Waals surface area (Å²) in [4.78, 5) is 31.3. The van der Waals surface area contributed by atoms with Crippen molar-refractivity contribution in [2.75, 3.05) is 18.0 Å². The van der Waals surface area contributed by atoms with Gasteiger partial charge in [0.15, 0.2) is 0 Å². The number of carbonyl (C=O) groups is 2. The molecule has 2 heterocycles. The molecule has 0 bridgehead atoms. The van der Waals surface area contributed by atoms with Gasteiger partial charge in [-0.25, -0.2) is 9.78 Å². The summed E-state index contributed by atoms with van der Waals surface area (Å²) in [6.07, 6.45) is 0.862. The van der Waals surface area contributed by atoms with Crippen molar-refractivity contribution in [2.45, 2.75) is 39.8 Å². The maximum absolute atomic E-state index is 12.8. The van der Waals surface area contributed by atoms with Crippen LogP contribution in [0.25, 0.3) is 11.0 Å². The number of imidazole rings is 1. The molecular weight excluding hydrogens is 318 g/mol. The average Bonchev–Trinajstić information content (AvgIpc) is 3.16. The Morgan fingerprint density at radius 3 is 2.72 bits per heavy atom. The summed E-state index contributed by atoms with van der Waals surface area (Å²) in [5.41, 5.74) is 1.89. The lowest BCUT2D eigenvalue weighted by atomic mass is 10.0. The van der Waals surface area contributed by atoms with Crippen LogP contribution >= 0.6 is 0 Å². The Bertz CT molecular complexity index is 783. The lowest BCUT2D eigenvalue weighted by molar-refractivity contribution is -0.123. The number of fused-ring (bicyclic) bond motifs is 3. The molecule has 7 nitrogen and oxygen atoms in total. The molecule has 25 heavy (non-hydrogen) atoms. The summed E-state index contributed by atoms with van der Waals surface area (Å²) >= 11 is 0. The average molecular weight is 343 g/mol. The largest absolute Gasteiger partial charge is 0.354 e. The molecule has 1 unspecified atom stereocenters. The molecule has 0 saturated heterocycles. The fourth-order valence-electron chi connectivity index (χ4n) is 3.09. The van der Waals surface area contributed by atoms with E-state index in [2.05, 4.69) is 15.6 Å². The molecule has 1 aliphatic rings. The number of nitrogens with one attached hydrogen (secondary N) is 2. The maximum Gasteiger partial charge on any atom is 0.324 e. The van der Waals surface area contributed by atoms with E-state index in [0.29, 0.717) is 25.6 Å². The zero-order valence-electron chi connectivity index (χ0n) is 15.0. The van der Waals surface area contributed by atoms with E-state index in [4.69, 9.17) is 0 Å². The first kappa shape index (κ1) is 17.3. The molecule has 1 aromatic carbocycles. The van der Waals surface area contributed by atoms with Gasteiger partial charge in [-0.1, -0.05) is 32.9 Å². The van der Waals surface area contributed by atoms with Crippen LogP contribution in [0.1, 0.15) is 27.2 Å². The van der Waals surface area contributed by atoms with Crippen molar-refractivity contribution in [2.24, 2.45) is 5.92 Å². The second kappa shape index (κ2) is 7.13. The second-order valence-corrected chi connectivity index (χ2v) is 6.67. The Labute approximate surface area is 147 Å². The molecule has 1 aliphatic heterocycles. The van der Waals surface area contributed by atoms with Crippen LogP contribution < -0.4 is 15.5 Å². The fourth-order valence-corrected chi connectivity index (χ4v) is 3.09. The zero-order chi connectivity index (χ0) is 18.0. The lowest BCUT2D eigenvalue weighted by Gasteiger charge is -2.24. The summed E-state index contributed by atoms with van der Waals surface area (Å²) in [5.74, 6) is 0.496. The predicted octanol–water partition coefficient (Wildman–Crippen LogP) is 2.12. The van der Waals surface area contributed by atoms with Crippen LogP contribution in [0.3, 0.4) is 0 Å². The third-order valence-electron chi connectivity index (χ3n) is 4.45. The first-order valence-corrected chi connectivity index (χ1v) is 8.84. The third kappa shape index (κ3) is 3.31. The molecule has 134 valence electrons. The van der Waals surface area contributed by atoms with Crippen molar-refractivity contribution in [3.05, 3.63) is 24.3 Å². The first-order valence-electron chi connectivity index (χ1n) is 8.84. The molecule has 2 N–H and O–H groups in total. The summed E-state index contributed by atoms with van der Waals surface area (Å²) in [5, 5.41) is 5.73. The van der Waals surface area contributed by atoms with Crippen molar-refractivity contribution >= 4 is 28.9 Å². The second-order valence-electron chi connectivity index (χ2n) is 6.67. The van der Waals surface area contributed by atoms with E-state index in [-0.39, 0.29) is 17.9 Å². The maximum atomic E-state index is 12.8. The minimum atomic E-state index is -0.558. The smallest absolute Gasteiger partial charge is 0.324 e. The molecule has 0 fully saturated rings. The number of rotatable bonds is 5. The van der Waals surface area contributed by atoms with Crippen LogP contribution in [-0.4, -0.2) is 40.6 Å². The van der Waals surface area contributed by atoms with Crippen LogP contribution in [0, 0.1) is 5.92 Å². The highest BCUT2D eigenvalue weighted by Gasteiger charge is 2.32. The number of benzene rings is 1. The number of para-hydroxylation sites is 2. The zero-order valence-corrected chi connectivity index (χ0v) is 15.0. The molecule has 0 spiro atoms. The Hall–Kier alpha value is -2.57. The quantitative estimate of drug-likeness (QED) is 0.873. The van der Waals surface area contributed by atoms with E-state index in [1.165, 1.54) is 0 Å². The van der Waals surface area contributed by atoms with Crippen molar-refractivity contribution in [1.82, 2.24) is 20.2 Å². The summed E-state index contributed by atoms with van der Waals surface area (Å²) in [6, 6.07) is 7.00. The van der Waals surface area contributed by atoms with E-state index in [0.717, 1.165) is 17.5 Å². The lowest BCUT2D eigenvalue weighted by Crippen LogP contribution is -2.53. The van der Waals surface area contributed by atoms with Gasteiger partial charge in [0.1, 0.15) is 6.04 Å². The van der Waals surface area contributed by atoms with Crippen LogP contribution in [-0.2, 0) is 11.3 Å². The highest BCUT2D eigenvalue weighted by atomic mass is 16.2. The van der Waals surface area contributed by atoms with Gasteiger partial charge in [-0.15, -0.1) is 0 Å². The van der Waals surface area contributed by atoms with Gasteiger partial charge in [-0.05, 0) is 24.5 Å². The van der Waals surface area contributed by atoms with E-state index in [1.54, 1.807) is 4.90 Å². The van der Waals surface area contributed by atoms with Gasteiger partial charge in [0.2, 0.25) is 11.9 Å². The van der Waals surface area contributed by atoms with Crippen molar-refractivity contribution in [1.29, 1.82) is 0 Å². The monoisotopic (exact) mass is 343 g/mol. The predicted molar refractivity (Wildman–Crippen MR) is 97.5 cm³/mol. The fraction of sp³-hybridized carbons (Fsp3) is 0.500. The number of anilines is 1. The topological polar surface area (TPSA) is 79.3 Å². The standard InChI is InChI=1S/C18H25N5O2/c1-4-9-19-16(24)15(12(2)3)21-18(25)23-11-10-22-14-8-6-5-7-13(14)20-17(22)23/h5-8,12,15H,4,9-11H2,1-3H3,(H,19,24)(H,21,25). The number of carbonyl (C=O) groups excluding carboxylic acids is 2. The molecule has 3 rings (SSSR count). The number of hydrogen-bond acceptors (Lipinski definition) is 3. The Morgan fingerprint density at radius 2 is 2.00 bits per heavy atom. The van der Waals surface area contributed by atoms with Crippen molar-refractivity contribution in [3.8, 4) is 0 Å². The minimum absolute atomic E-state index is 0.00206. The van der Waals surface area contributed by atoms with Gasteiger partial charge < -0.3 is 15.2 Å². The molecule has 2 aromatic rings. The highest BCUT2D eigenvalue weighted by molar-refractivity contribution is 5.96. The van der Waals surface area contributed by atoms with Crippen molar-refractivity contribution < 1.29 is 9.59 Å². The SMILES string of the molecule is CCCNC(=O)C(NC(=O)N1CCn2c1nc1ccccc12)C(C)C. The summed E-state index contributed by atoms with van der Waals surface area (Å²) < 4.78 is 2.04.